The molecule has 2 heteroatoms. The lowest BCUT2D eigenvalue weighted by molar-refractivity contribution is -0.122. The highest BCUT2D eigenvalue weighted by molar-refractivity contribution is 5.82. The zero-order valence-corrected chi connectivity index (χ0v) is 16.1. The van der Waals surface area contributed by atoms with Crippen LogP contribution in [0, 0.1) is 5.92 Å². The van der Waals surface area contributed by atoms with Crippen LogP contribution in [0.3, 0.4) is 0 Å². The molecule has 1 aromatic carbocycles. The van der Waals surface area contributed by atoms with Crippen molar-refractivity contribution < 1.29 is 4.79 Å². The Morgan fingerprint density at radius 1 is 1.04 bits per heavy atom. The van der Waals surface area contributed by atoms with E-state index in [-0.39, 0.29) is 11.8 Å². The number of hydrogen-bond acceptors (Lipinski definition) is 2. The molecule has 0 aliphatic heterocycles. The van der Waals surface area contributed by atoms with Gasteiger partial charge in [-0.05, 0) is 38.3 Å². The second kappa shape index (κ2) is 13.3. The van der Waals surface area contributed by atoms with Gasteiger partial charge in [-0.25, -0.2) is 0 Å². The fourth-order valence-electron chi connectivity index (χ4n) is 3.32. The highest BCUT2D eigenvalue weighted by atomic mass is 16.1. The summed E-state index contributed by atoms with van der Waals surface area (Å²) >= 11 is 0. The summed E-state index contributed by atoms with van der Waals surface area (Å²) in [5.74, 6) is 1.01. The average molecular weight is 320 g/mol. The summed E-state index contributed by atoms with van der Waals surface area (Å²) in [7, 11) is 2.09. The van der Waals surface area contributed by atoms with E-state index in [1.54, 1.807) is 6.92 Å². The predicted octanol–water partition coefficient (Wildman–Crippen LogP) is 5.88. The van der Waals surface area contributed by atoms with Crippen molar-refractivity contribution in [2.75, 3.05) is 13.6 Å². The Hall–Kier alpha value is -1.15. The van der Waals surface area contributed by atoms with Crippen LogP contribution in [0.1, 0.15) is 78.3 Å². The predicted molar refractivity (Wildman–Crippen MR) is 102 cm³/mol. The van der Waals surface area contributed by atoms with Gasteiger partial charge in [-0.1, -0.05) is 77.3 Å². The Labute approximate surface area is 144 Å². The first-order valence-corrected chi connectivity index (χ1v) is 9.44. The Bertz CT molecular complexity index is 396. The lowest BCUT2D eigenvalue weighted by atomic mass is 9.88. The topological polar surface area (TPSA) is 20.3 Å². The number of Topliss-reactive ketones (excluding diaryl/α,β-unsaturated/α-hetero) is 1. The fourth-order valence-corrected chi connectivity index (χ4v) is 3.32. The van der Waals surface area contributed by atoms with Crippen LogP contribution in [0.5, 0.6) is 0 Å². The van der Waals surface area contributed by atoms with E-state index < -0.39 is 0 Å². The Morgan fingerprint density at radius 2 is 1.57 bits per heavy atom. The molecule has 2 rings (SSSR count). The average Bonchev–Trinajstić information content (AvgIpc) is 2.60. The van der Waals surface area contributed by atoms with Crippen molar-refractivity contribution in [1.29, 1.82) is 0 Å². The molecule has 0 radical (unpaired) electrons. The SMILES string of the molecule is CC.CC.CC(=O)C(c1ccccc1)N(C)CC1CCCCC1. The largest absolute Gasteiger partial charge is 0.298 e. The van der Waals surface area contributed by atoms with Gasteiger partial charge in [0.05, 0.1) is 6.04 Å². The monoisotopic (exact) mass is 319 g/mol. The van der Waals surface area contributed by atoms with Crippen LogP contribution in [0.2, 0.25) is 0 Å². The molecule has 23 heavy (non-hydrogen) atoms. The van der Waals surface area contributed by atoms with Crippen LogP contribution in [0.25, 0.3) is 0 Å². The van der Waals surface area contributed by atoms with Gasteiger partial charge in [0.2, 0.25) is 0 Å². The number of ketones is 1. The Balaban J connectivity index is 0.00000112. The number of likely N-dealkylation sites (N-methyl/N-ethyl adjacent to an activating group) is 1. The Morgan fingerprint density at radius 3 is 2.04 bits per heavy atom. The van der Waals surface area contributed by atoms with Crippen molar-refractivity contribution in [2.24, 2.45) is 5.92 Å². The van der Waals surface area contributed by atoms with Crippen molar-refractivity contribution in [2.45, 2.75) is 72.8 Å². The summed E-state index contributed by atoms with van der Waals surface area (Å²) < 4.78 is 0. The highest BCUT2D eigenvalue weighted by Gasteiger charge is 2.24. The number of rotatable bonds is 5. The molecule has 0 heterocycles. The van der Waals surface area contributed by atoms with Crippen LogP contribution >= 0.6 is 0 Å². The van der Waals surface area contributed by atoms with Gasteiger partial charge in [0, 0.05) is 6.54 Å². The number of benzene rings is 1. The molecule has 1 aliphatic rings. The molecule has 0 saturated heterocycles. The third-order valence-corrected chi connectivity index (χ3v) is 4.21. The lowest BCUT2D eigenvalue weighted by Gasteiger charge is -2.31. The second-order valence-electron chi connectivity index (χ2n) is 5.87. The molecule has 0 N–H and O–H groups in total. The third kappa shape index (κ3) is 7.78. The van der Waals surface area contributed by atoms with E-state index >= 15 is 0 Å². The maximum absolute atomic E-state index is 12.0. The van der Waals surface area contributed by atoms with Gasteiger partial charge in [0.1, 0.15) is 0 Å². The molecule has 1 fully saturated rings. The number of nitrogens with zero attached hydrogens (tertiary/aromatic N) is 1. The Kier molecular flexibility index (Phi) is 12.6. The van der Waals surface area contributed by atoms with Crippen molar-refractivity contribution in [1.82, 2.24) is 4.90 Å². The van der Waals surface area contributed by atoms with Crippen LogP contribution in [0.4, 0.5) is 0 Å². The minimum absolute atomic E-state index is 0.0804. The lowest BCUT2D eigenvalue weighted by Crippen LogP contribution is -2.34. The van der Waals surface area contributed by atoms with Gasteiger partial charge in [0.25, 0.3) is 0 Å². The number of carbonyl (C=O) groups excluding carboxylic acids is 1. The van der Waals surface area contributed by atoms with Crippen molar-refractivity contribution in [3.05, 3.63) is 35.9 Å². The molecule has 1 saturated carbocycles. The zero-order valence-electron chi connectivity index (χ0n) is 16.1. The van der Waals surface area contributed by atoms with Gasteiger partial charge in [0.15, 0.2) is 5.78 Å². The van der Waals surface area contributed by atoms with Crippen LogP contribution in [-0.2, 0) is 4.79 Å². The van der Waals surface area contributed by atoms with Gasteiger partial charge in [-0.3, -0.25) is 9.69 Å². The minimum Gasteiger partial charge on any atom is -0.298 e. The first kappa shape index (κ1) is 21.9. The first-order chi connectivity index (χ1) is 11.2. The van der Waals surface area contributed by atoms with Crippen molar-refractivity contribution in [3.63, 3.8) is 0 Å². The van der Waals surface area contributed by atoms with Gasteiger partial charge in [-0.15, -0.1) is 0 Å². The summed E-state index contributed by atoms with van der Waals surface area (Å²) in [5.41, 5.74) is 1.12. The van der Waals surface area contributed by atoms with Crippen LogP contribution in [0.15, 0.2) is 30.3 Å². The molecule has 1 aliphatic carbocycles. The summed E-state index contributed by atoms with van der Waals surface area (Å²) in [6, 6.07) is 10.1. The molecular weight excluding hydrogens is 282 g/mol. The number of hydrogen-bond donors (Lipinski definition) is 0. The van der Waals surface area contributed by atoms with E-state index in [2.05, 4.69) is 24.1 Å². The van der Waals surface area contributed by atoms with Gasteiger partial charge >= 0.3 is 0 Å². The van der Waals surface area contributed by atoms with E-state index in [0.717, 1.165) is 18.0 Å². The van der Waals surface area contributed by atoms with E-state index in [1.165, 1.54) is 32.1 Å². The van der Waals surface area contributed by atoms with Crippen molar-refractivity contribution in [3.8, 4) is 0 Å². The number of carbonyl (C=O) groups is 1. The third-order valence-electron chi connectivity index (χ3n) is 4.21. The maximum atomic E-state index is 12.0. The second-order valence-corrected chi connectivity index (χ2v) is 5.87. The van der Waals surface area contributed by atoms with Crippen LogP contribution in [-0.4, -0.2) is 24.3 Å². The molecule has 1 aromatic rings. The van der Waals surface area contributed by atoms with E-state index in [9.17, 15) is 4.79 Å². The van der Waals surface area contributed by atoms with E-state index in [1.807, 2.05) is 45.9 Å². The quantitative estimate of drug-likeness (QED) is 0.675. The molecular formula is C21H37NO. The van der Waals surface area contributed by atoms with Crippen LogP contribution < -0.4 is 0 Å². The molecule has 2 nitrogen and oxygen atoms in total. The highest BCUT2D eigenvalue weighted by Crippen LogP contribution is 2.27. The zero-order chi connectivity index (χ0) is 17.7. The van der Waals surface area contributed by atoms with Gasteiger partial charge in [-0.2, -0.15) is 0 Å². The normalized spacial score (nSPS) is 15.8. The standard InChI is InChI=1S/C17H25NO.2C2H6/c1-14(19)17(16-11-7-4-8-12-16)18(2)13-15-9-5-3-6-10-15;2*1-2/h4,7-8,11-12,15,17H,3,5-6,9-10,13H2,1-2H3;2*1-2H3. The maximum Gasteiger partial charge on any atom is 0.151 e. The molecule has 132 valence electrons. The molecule has 0 amide bonds. The van der Waals surface area contributed by atoms with E-state index in [4.69, 9.17) is 0 Å². The summed E-state index contributed by atoms with van der Waals surface area (Å²) in [6.07, 6.45) is 6.74. The molecule has 1 unspecified atom stereocenters. The fraction of sp³-hybridized carbons (Fsp3) is 0.667. The molecule has 1 atom stereocenters. The first-order valence-electron chi connectivity index (χ1n) is 9.44. The minimum atomic E-state index is -0.0804. The van der Waals surface area contributed by atoms with Crippen molar-refractivity contribution >= 4 is 5.78 Å². The molecule has 0 bridgehead atoms. The van der Waals surface area contributed by atoms with Gasteiger partial charge < -0.3 is 0 Å². The summed E-state index contributed by atoms with van der Waals surface area (Å²) in [4.78, 5) is 14.2. The summed E-state index contributed by atoms with van der Waals surface area (Å²) in [6.45, 7) is 10.7. The van der Waals surface area contributed by atoms with E-state index in [0.29, 0.717) is 0 Å². The smallest absolute Gasteiger partial charge is 0.151 e. The molecule has 0 spiro atoms. The molecule has 0 aromatic heterocycles. The summed E-state index contributed by atoms with van der Waals surface area (Å²) in [5, 5.41) is 0.